The number of benzene rings is 1. The monoisotopic (exact) mass is 618 g/mol. The molecule has 0 amide bonds. The largest absolute Gasteiger partial charge is 0.447 e. The molecule has 4 aliphatic carbocycles. The van der Waals surface area contributed by atoms with Gasteiger partial charge in [0.25, 0.3) is 0 Å². The lowest BCUT2D eigenvalue weighted by Gasteiger charge is -2.63. The Morgan fingerprint density at radius 3 is 2.60 bits per heavy atom. The number of carbonyl (C=O) groups is 2. The number of esters is 1. The third-order valence-corrected chi connectivity index (χ3v) is 11.9. The number of alkyl halides is 2. The summed E-state index contributed by atoms with van der Waals surface area (Å²) in [5, 5.41) is 15.8. The lowest BCUT2D eigenvalue weighted by atomic mass is 9.44. The molecule has 232 valence electrons. The van der Waals surface area contributed by atoms with Crippen LogP contribution in [-0.4, -0.2) is 63.1 Å². The predicted molar refractivity (Wildman–Crippen MR) is 155 cm³/mol. The molecule has 2 aromatic rings. The summed E-state index contributed by atoms with van der Waals surface area (Å²) >= 11 is 0.448. The molecule has 7 nitrogen and oxygen atoms in total. The normalized spacial score (nSPS) is 37.9. The molecule has 4 aliphatic rings. The number of hydrogen-bond donors (Lipinski definition) is 1. The highest BCUT2D eigenvalue weighted by Gasteiger charge is 2.77. The van der Waals surface area contributed by atoms with Crippen LogP contribution in [-0.2, 0) is 25.5 Å². The fraction of sp³-hybridized carbons (Fsp3) is 0.594. The maximum Gasteiger partial charge on any atom is 0.333 e. The van der Waals surface area contributed by atoms with Gasteiger partial charge in [-0.3, -0.25) is 4.79 Å². The van der Waals surface area contributed by atoms with Gasteiger partial charge < -0.3 is 14.6 Å². The number of aliphatic hydroxyl groups is 1. The molecule has 1 aromatic carbocycles. The van der Waals surface area contributed by atoms with E-state index in [1.54, 1.807) is 36.9 Å². The Bertz CT molecular complexity index is 1480. The maximum atomic E-state index is 18.1. The van der Waals surface area contributed by atoms with Crippen LogP contribution in [0.3, 0.4) is 0 Å². The second kappa shape index (κ2) is 10.5. The molecular formula is C32H37F3N2O5S. The van der Waals surface area contributed by atoms with Gasteiger partial charge in [0.2, 0.25) is 5.12 Å². The van der Waals surface area contributed by atoms with E-state index in [0.29, 0.717) is 43.1 Å². The Morgan fingerprint density at radius 1 is 1.21 bits per heavy atom. The van der Waals surface area contributed by atoms with Crippen molar-refractivity contribution in [1.82, 2.24) is 9.78 Å². The Morgan fingerprint density at radius 2 is 1.93 bits per heavy atom. The van der Waals surface area contributed by atoms with Crippen LogP contribution in [0, 0.1) is 34.4 Å². The number of nitrogens with zero attached hydrogens (tertiary/aromatic N) is 2. The van der Waals surface area contributed by atoms with E-state index in [9.17, 15) is 23.5 Å². The van der Waals surface area contributed by atoms with E-state index in [1.165, 1.54) is 19.2 Å². The molecule has 3 fully saturated rings. The van der Waals surface area contributed by atoms with Crippen molar-refractivity contribution in [2.75, 3.05) is 19.7 Å². The number of aliphatic hydroxyl groups excluding tert-OH is 1. The highest BCUT2D eigenvalue weighted by Crippen LogP contribution is 2.72. The summed E-state index contributed by atoms with van der Waals surface area (Å²) < 4.78 is 57.8. The second-order valence-corrected chi connectivity index (χ2v) is 14.0. The average Bonchev–Trinajstić information content (AvgIpc) is 3.45. The molecule has 0 aliphatic heterocycles. The van der Waals surface area contributed by atoms with Gasteiger partial charge in [0.1, 0.15) is 24.1 Å². The molecule has 1 aromatic heterocycles. The lowest BCUT2D eigenvalue weighted by Crippen LogP contribution is -2.70. The van der Waals surface area contributed by atoms with E-state index in [-0.39, 0.29) is 18.8 Å². The first-order chi connectivity index (χ1) is 20.4. The summed E-state index contributed by atoms with van der Waals surface area (Å²) in [5.41, 5.74) is -2.76. The van der Waals surface area contributed by atoms with Crippen molar-refractivity contribution in [3.05, 3.63) is 53.1 Å². The van der Waals surface area contributed by atoms with Crippen LogP contribution >= 0.6 is 11.8 Å². The Labute approximate surface area is 253 Å². The van der Waals surface area contributed by atoms with Crippen LogP contribution < -0.4 is 0 Å². The summed E-state index contributed by atoms with van der Waals surface area (Å²) in [4.78, 5) is 26.5. The quantitative estimate of drug-likeness (QED) is 0.421. The Balaban J connectivity index is 1.40. The van der Waals surface area contributed by atoms with E-state index in [2.05, 4.69) is 5.10 Å². The average molecular weight is 619 g/mol. The lowest BCUT2D eigenvalue weighted by molar-refractivity contribution is -0.231. The predicted octanol–water partition coefficient (Wildman–Crippen LogP) is 5.62. The number of allylic oxidation sites excluding steroid dienone is 1. The molecule has 0 bridgehead atoms. The van der Waals surface area contributed by atoms with Crippen LogP contribution in [0.4, 0.5) is 13.2 Å². The van der Waals surface area contributed by atoms with Crippen LogP contribution in [0.25, 0.3) is 11.8 Å². The Hall–Kier alpha value is -2.63. The number of aromatic nitrogens is 2. The third-order valence-electron chi connectivity index (χ3n) is 11.2. The summed E-state index contributed by atoms with van der Waals surface area (Å²) in [5.74, 6) is -2.67. The van der Waals surface area contributed by atoms with Crippen molar-refractivity contribution in [2.45, 2.75) is 70.2 Å². The zero-order valence-electron chi connectivity index (χ0n) is 24.7. The minimum absolute atomic E-state index is 0.127. The van der Waals surface area contributed by atoms with Gasteiger partial charge in [0.15, 0.2) is 5.60 Å². The van der Waals surface area contributed by atoms with Gasteiger partial charge in [-0.05, 0) is 85.7 Å². The molecule has 1 N–H and O–H groups in total. The maximum absolute atomic E-state index is 18.1. The van der Waals surface area contributed by atoms with Crippen LogP contribution in [0.2, 0.25) is 0 Å². The van der Waals surface area contributed by atoms with Gasteiger partial charge in [-0.2, -0.15) is 5.10 Å². The van der Waals surface area contributed by atoms with Gasteiger partial charge in [0.05, 0.1) is 23.7 Å². The fourth-order valence-electron chi connectivity index (χ4n) is 9.34. The van der Waals surface area contributed by atoms with Crippen molar-refractivity contribution in [2.24, 2.45) is 28.6 Å². The molecule has 8 atom stereocenters. The molecule has 1 heterocycles. The van der Waals surface area contributed by atoms with E-state index in [0.717, 1.165) is 16.8 Å². The van der Waals surface area contributed by atoms with Gasteiger partial charge in [-0.1, -0.05) is 26.3 Å². The van der Waals surface area contributed by atoms with Crippen molar-refractivity contribution >= 4 is 28.9 Å². The van der Waals surface area contributed by atoms with Crippen LogP contribution in [0.5, 0.6) is 0 Å². The number of halogens is 3. The van der Waals surface area contributed by atoms with Gasteiger partial charge in [0, 0.05) is 29.8 Å². The fourth-order valence-corrected chi connectivity index (χ4v) is 10.1. The molecule has 0 saturated heterocycles. The van der Waals surface area contributed by atoms with E-state index in [4.69, 9.17) is 9.47 Å². The molecule has 11 heteroatoms. The first-order valence-corrected chi connectivity index (χ1v) is 15.7. The molecule has 6 rings (SSSR count). The highest BCUT2D eigenvalue weighted by atomic mass is 32.2. The zero-order valence-corrected chi connectivity index (χ0v) is 25.6. The molecule has 0 spiro atoms. The number of fused-ring (bicyclic) bond motifs is 6. The second-order valence-electron chi connectivity index (χ2n) is 13.1. The number of ether oxygens (including phenoxy) is 2. The first kappa shape index (κ1) is 30.4. The SMILES string of the molecule is COCC(=O)O[C@]1(C(=O)SCF)[C@H](C)C[C@H]2[C@@H]3CCC4=Cc5c(cnn5-c5ccc(F)cc5)C[C@]4(C)[C@@]3(F)[C@@H](O)C[C@@]21C. The van der Waals surface area contributed by atoms with Crippen molar-refractivity contribution in [1.29, 1.82) is 0 Å². The standard InChI is InChI=1S/C32H37F3N2O5S/c1-18-11-24-23-10-5-20-12-25-19(15-36-37(25)22-8-6-21(34)7-9-22)13-29(20,2)31(23,35)26(38)14-30(24,3)32(18,28(40)43-17-33)42-27(39)16-41-4/h6-9,12,15,18,23-24,26,38H,5,10-11,13-14,16-17H2,1-4H3/t18-,23+,24+,26+,29+,30+,31+,32+/m1/s1. The number of hydrogen-bond acceptors (Lipinski definition) is 7. The zero-order chi connectivity index (χ0) is 30.9. The van der Waals surface area contributed by atoms with Gasteiger partial charge in [-0.25, -0.2) is 22.6 Å². The molecular weight excluding hydrogens is 581 g/mol. The number of thioether (sulfide) groups is 1. The third kappa shape index (κ3) is 4.06. The summed E-state index contributed by atoms with van der Waals surface area (Å²) in [6.45, 7) is 5.06. The molecule has 3 saturated carbocycles. The summed E-state index contributed by atoms with van der Waals surface area (Å²) in [7, 11) is 1.34. The van der Waals surface area contributed by atoms with E-state index in [1.807, 2.05) is 13.0 Å². The van der Waals surface area contributed by atoms with Gasteiger partial charge in [-0.15, -0.1) is 0 Å². The number of methoxy groups -OCH3 is 1. The highest BCUT2D eigenvalue weighted by molar-refractivity contribution is 8.13. The van der Waals surface area contributed by atoms with Crippen molar-refractivity contribution in [3.8, 4) is 5.69 Å². The molecule has 0 radical (unpaired) electrons. The minimum Gasteiger partial charge on any atom is -0.447 e. The minimum atomic E-state index is -2.04. The first-order valence-electron chi connectivity index (χ1n) is 14.7. The van der Waals surface area contributed by atoms with Crippen molar-refractivity contribution in [3.63, 3.8) is 0 Å². The van der Waals surface area contributed by atoms with Crippen LogP contribution in [0.1, 0.15) is 57.7 Å². The van der Waals surface area contributed by atoms with Crippen molar-refractivity contribution < 1.29 is 37.3 Å². The van der Waals surface area contributed by atoms with Crippen LogP contribution in [0.15, 0.2) is 36.0 Å². The summed E-state index contributed by atoms with van der Waals surface area (Å²) in [6, 6.07) is 5.03. The summed E-state index contributed by atoms with van der Waals surface area (Å²) in [6.07, 6.45) is 3.75. The molecule has 0 unspecified atom stereocenters. The number of carbonyl (C=O) groups excluding carboxylic acids is 2. The molecule has 43 heavy (non-hydrogen) atoms. The smallest absolute Gasteiger partial charge is 0.333 e. The van der Waals surface area contributed by atoms with E-state index < -0.39 is 63.0 Å². The van der Waals surface area contributed by atoms with Gasteiger partial charge >= 0.3 is 5.97 Å². The van der Waals surface area contributed by atoms with E-state index >= 15 is 4.39 Å². The number of rotatable bonds is 6. The topological polar surface area (TPSA) is 90.7 Å². The Kier molecular flexibility index (Phi) is 7.41.